The van der Waals surface area contributed by atoms with Gasteiger partial charge in [-0.25, -0.2) is 0 Å². The second-order valence-electron chi connectivity index (χ2n) is 5.46. The van der Waals surface area contributed by atoms with E-state index in [1.165, 1.54) is 5.56 Å². The van der Waals surface area contributed by atoms with Crippen molar-refractivity contribution in [3.8, 4) is 0 Å². The van der Waals surface area contributed by atoms with Crippen molar-refractivity contribution in [2.24, 2.45) is 4.99 Å². The molecular weight excluding hydrogens is 384 g/mol. The minimum absolute atomic E-state index is 0.0575. The van der Waals surface area contributed by atoms with Gasteiger partial charge in [-0.3, -0.25) is 4.79 Å². The van der Waals surface area contributed by atoms with Gasteiger partial charge in [0.05, 0.1) is 0 Å². The Hall–Kier alpha value is -1.59. The number of carbonyl (C=O) groups is 1. The fourth-order valence-electron chi connectivity index (χ4n) is 2.52. The third-order valence-corrected chi connectivity index (χ3v) is 4.74. The Morgan fingerprint density at radius 3 is 2.46 bits per heavy atom. The number of hydrogen-bond acceptors (Lipinski definition) is 3. The summed E-state index contributed by atoms with van der Waals surface area (Å²) in [6.45, 7) is 4.63. The van der Waals surface area contributed by atoms with Crippen molar-refractivity contribution in [3.05, 3.63) is 64.4 Å². The van der Waals surface area contributed by atoms with E-state index < -0.39 is 6.04 Å². The largest absolute Gasteiger partial charge is 0.758 e. The molecule has 1 atom stereocenters. The molecule has 2 rings (SSSR count). The standard InChI is InChI=1S/C19H21BrN2OS/c1-3-7-14-10-12-22(13-11-14)17(19(24)21-4-2)18(23)15-8-5-6-9-16(15)20/h5-6,8-13,17H,3-4,7H2,1-2H3/t17-/m1/s1. The van der Waals surface area contributed by atoms with Gasteiger partial charge in [0.15, 0.2) is 12.4 Å². The summed E-state index contributed by atoms with van der Waals surface area (Å²) in [5.41, 5.74) is 1.86. The first-order valence-corrected chi connectivity index (χ1v) is 9.28. The van der Waals surface area contributed by atoms with Crippen molar-refractivity contribution < 1.29 is 9.36 Å². The quantitative estimate of drug-likeness (QED) is 0.229. The lowest BCUT2D eigenvalue weighted by molar-refractivity contribution is -0.692. The maximum atomic E-state index is 13.1. The Morgan fingerprint density at radius 1 is 1.21 bits per heavy atom. The summed E-state index contributed by atoms with van der Waals surface area (Å²) in [6, 6.07) is 10.9. The lowest BCUT2D eigenvalue weighted by Gasteiger charge is -2.19. The van der Waals surface area contributed by atoms with E-state index in [-0.39, 0.29) is 5.78 Å². The molecule has 0 aliphatic carbocycles. The first-order valence-electron chi connectivity index (χ1n) is 8.08. The molecule has 0 bridgehead atoms. The Kier molecular flexibility index (Phi) is 7.06. The number of Topliss-reactive ketones (excluding diaryl/α,β-unsaturated/α-hetero) is 1. The number of nitrogens with zero attached hydrogens (tertiary/aromatic N) is 2. The van der Waals surface area contributed by atoms with Crippen LogP contribution in [0.4, 0.5) is 0 Å². The molecule has 0 spiro atoms. The zero-order chi connectivity index (χ0) is 17.5. The van der Waals surface area contributed by atoms with E-state index in [4.69, 9.17) is 12.6 Å². The molecule has 0 fully saturated rings. The van der Waals surface area contributed by atoms with Crippen molar-refractivity contribution in [1.82, 2.24) is 0 Å². The Morgan fingerprint density at radius 2 is 1.88 bits per heavy atom. The summed E-state index contributed by atoms with van der Waals surface area (Å²) in [5, 5.41) is 0.409. The molecule has 2 aromatic rings. The average molecular weight is 405 g/mol. The third kappa shape index (κ3) is 4.48. The van der Waals surface area contributed by atoms with Gasteiger partial charge in [0, 0.05) is 28.7 Å². The fourth-order valence-corrected chi connectivity index (χ4v) is 3.36. The summed E-state index contributed by atoms with van der Waals surface area (Å²) in [7, 11) is 0. The molecule has 1 heterocycles. The number of aromatic nitrogens is 1. The van der Waals surface area contributed by atoms with Gasteiger partial charge < -0.3 is 17.6 Å². The molecule has 3 nitrogen and oxygen atoms in total. The van der Waals surface area contributed by atoms with Gasteiger partial charge in [0.2, 0.25) is 11.8 Å². The van der Waals surface area contributed by atoms with Crippen LogP contribution in [0.3, 0.4) is 0 Å². The molecule has 0 saturated heterocycles. The van der Waals surface area contributed by atoms with Crippen LogP contribution < -0.4 is 4.57 Å². The van der Waals surface area contributed by atoms with Crippen LogP contribution in [-0.4, -0.2) is 17.4 Å². The maximum absolute atomic E-state index is 13.1. The number of halogens is 1. The molecule has 0 unspecified atom stereocenters. The second kappa shape index (κ2) is 9.04. The summed E-state index contributed by atoms with van der Waals surface area (Å²) < 4.78 is 2.62. The van der Waals surface area contributed by atoms with Crippen molar-refractivity contribution in [1.29, 1.82) is 0 Å². The number of aryl methyl sites for hydroxylation is 1. The number of benzene rings is 1. The molecule has 126 valence electrons. The summed E-state index contributed by atoms with van der Waals surface area (Å²) >= 11 is 8.89. The van der Waals surface area contributed by atoms with Crippen LogP contribution >= 0.6 is 15.9 Å². The predicted molar refractivity (Wildman–Crippen MR) is 103 cm³/mol. The maximum Gasteiger partial charge on any atom is 0.237 e. The van der Waals surface area contributed by atoms with E-state index in [0.29, 0.717) is 17.2 Å². The molecule has 1 aromatic heterocycles. The van der Waals surface area contributed by atoms with Crippen LogP contribution in [-0.2, 0) is 19.0 Å². The highest BCUT2D eigenvalue weighted by atomic mass is 79.9. The normalized spacial score (nSPS) is 12.9. The molecule has 0 aliphatic heterocycles. The fraction of sp³-hybridized carbons (Fsp3) is 0.316. The minimum Gasteiger partial charge on any atom is -0.758 e. The highest BCUT2D eigenvalue weighted by molar-refractivity contribution is 9.10. The van der Waals surface area contributed by atoms with Crippen LogP contribution in [0.15, 0.2) is 58.3 Å². The van der Waals surface area contributed by atoms with E-state index in [2.05, 4.69) is 27.8 Å². The van der Waals surface area contributed by atoms with Crippen LogP contribution in [0.25, 0.3) is 0 Å². The molecule has 0 saturated carbocycles. The number of aliphatic imine (C=N–C) groups is 1. The monoisotopic (exact) mass is 404 g/mol. The van der Waals surface area contributed by atoms with Gasteiger partial charge in [-0.2, -0.15) is 4.57 Å². The van der Waals surface area contributed by atoms with Crippen molar-refractivity contribution >= 4 is 39.4 Å². The smallest absolute Gasteiger partial charge is 0.237 e. The van der Waals surface area contributed by atoms with Crippen LogP contribution in [0.1, 0.15) is 42.2 Å². The second-order valence-corrected chi connectivity index (χ2v) is 6.74. The number of hydrogen-bond donors (Lipinski definition) is 0. The molecular formula is C19H21BrN2OS. The van der Waals surface area contributed by atoms with Crippen LogP contribution in [0, 0.1) is 0 Å². The van der Waals surface area contributed by atoms with E-state index in [1.807, 2.05) is 54.2 Å². The Labute approximate surface area is 157 Å². The molecule has 24 heavy (non-hydrogen) atoms. The number of rotatable bonds is 7. The molecule has 1 aromatic carbocycles. The molecule has 0 amide bonds. The van der Waals surface area contributed by atoms with Gasteiger partial charge in [0.1, 0.15) is 0 Å². The summed E-state index contributed by atoms with van der Waals surface area (Å²) in [6.07, 6.45) is 5.95. The predicted octanol–water partition coefficient (Wildman–Crippen LogP) is 4.08. The first kappa shape index (κ1) is 18.7. The SMILES string of the molecule is CCCc1cc[n+]([C@H](C(=O)c2ccccc2Br)C([S-])=NCC)cc1. The number of carbonyl (C=O) groups excluding carboxylic acids is 1. The Bertz CT molecular complexity index is 728. The van der Waals surface area contributed by atoms with Gasteiger partial charge in [0.25, 0.3) is 0 Å². The topological polar surface area (TPSA) is 33.3 Å². The highest BCUT2D eigenvalue weighted by Gasteiger charge is 2.29. The molecule has 0 aliphatic rings. The zero-order valence-corrected chi connectivity index (χ0v) is 16.3. The summed E-state index contributed by atoms with van der Waals surface area (Å²) in [4.78, 5) is 17.4. The Balaban J connectivity index is 2.43. The number of pyridine rings is 1. The molecule has 0 radical (unpaired) electrons. The molecule has 5 heteroatoms. The average Bonchev–Trinajstić information content (AvgIpc) is 2.57. The van der Waals surface area contributed by atoms with Gasteiger partial charge in [-0.1, -0.05) is 41.4 Å². The van der Waals surface area contributed by atoms with Crippen molar-refractivity contribution in [3.63, 3.8) is 0 Å². The first-order chi connectivity index (χ1) is 11.6. The van der Waals surface area contributed by atoms with Crippen molar-refractivity contribution in [2.45, 2.75) is 32.7 Å². The van der Waals surface area contributed by atoms with E-state index in [0.717, 1.165) is 17.3 Å². The van der Waals surface area contributed by atoms with Gasteiger partial charge in [-0.05, 0) is 36.1 Å². The van der Waals surface area contributed by atoms with E-state index in [1.54, 1.807) is 6.07 Å². The zero-order valence-electron chi connectivity index (χ0n) is 13.9. The van der Waals surface area contributed by atoms with E-state index >= 15 is 0 Å². The van der Waals surface area contributed by atoms with Crippen LogP contribution in [0.5, 0.6) is 0 Å². The number of ketones is 1. The van der Waals surface area contributed by atoms with Crippen LogP contribution in [0.2, 0.25) is 0 Å². The third-order valence-electron chi connectivity index (χ3n) is 3.69. The highest BCUT2D eigenvalue weighted by Crippen LogP contribution is 2.20. The van der Waals surface area contributed by atoms with Crippen molar-refractivity contribution in [2.75, 3.05) is 6.54 Å². The lowest BCUT2D eigenvalue weighted by atomic mass is 10.0. The van der Waals surface area contributed by atoms with Gasteiger partial charge in [-0.15, -0.1) is 0 Å². The summed E-state index contributed by atoms with van der Waals surface area (Å²) in [5.74, 6) is -0.0575. The van der Waals surface area contributed by atoms with E-state index in [9.17, 15) is 4.79 Å². The minimum atomic E-state index is -0.602. The van der Waals surface area contributed by atoms with Gasteiger partial charge >= 0.3 is 0 Å². The molecule has 0 N–H and O–H groups in total. The lowest BCUT2D eigenvalue weighted by Crippen LogP contribution is -2.47.